The third-order valence-electron chi connectivity index (χ3n) is 5.79. The molecule has 1 unspecified atom stereocenters. The molecular formula is C20H24ClN7O2. The van der Waals surface area contributed by atoms with Gasteiger partial charge in [0, 0.05) is 63.1 Å². The number of fused-ring (bicyclic) bond motifs is 4. The lowest BCUT2D eigenvalue weighted by Crippen LogP contribution is -2.41. The number of aromatic nitrogens is 4. The SMILES string of the molecule is O=c1cccc2n1C=C1CC2CN(c2nc(Cl)nc(NCCN3CCOCC3)n2)C1. The molecule has 10 heteroatoms. The van der Waals surface area contributed by atoms with Crippen LogP contribution in [0.1, 0.15) is 18.0 Å². The summed E-state index contributed by atoms with van der Waals surface area (Å²) in [6.45, 7) is 6.47. The fourth-order valence-electron chi connectivity index (χ4n) is 4.35. The fraction of sp³-hybridized carbons (Fsp3) is 0.500. The van der Waals surface area contributed by atoms with E-state index in [0.717, 1.165) is 58.1 Å². The number of morpholine rings is 1. The van der Waals surface area contributed by atoms with Crippen molar-refractivity contribution in [2.24, 2.45) is 0 Å². The Hall–Kier alpha value is -2.49. The van der Waals surface area contributed by atoms with Gasteiger partial charge in [0.15, 0.2) is 0 Å². The number of hydrogen-bond acceptors (Lipinski definition) is 8. The van der Waals surface area contributed by atoms with Gasteiger partial charge in [-0.25, -0.2) is 0 Å². The first-order valence-electron chi connectivity index (χ1n) is 10.3. The largest absolute Gasteiger partial charge is 0.379 e. The second kappa shape index (κ2) is 8.33. The van der Waals surface area contributed by atoms with E-state index in [0.29, 0.717) is 18.4 Å². The number of hydrogen-bond donors (Lipinski definition) is 1. The van der Waals surface area contributed by atoms with E-state index in [9.17, 15) is 4.79 Å². The van der Waals surface area contributed by atoms with Crippen LogP contribution in [0, 0.1) is 0 Å². The number of halogens is 1. The molecule has 0 aliphatic carbocycles. The monoisotopic (exact) mass is 429 g/mol. The quantitative estimate of drug-likeness (QED) is 0.760. The van der Waals surface area contributed by atoms with E-state index in [2.05, 4.69) is 30.1 Å². The van der Waals surface area contributed by atoms with Crippen LogP contribution in [-0.4, -0.2) is 76.9 Å². The molecule has 30 heavy (non-hydrogen) atoms. The normalized spacial score (nSPS) is 21.2. The number of piperidine rings is 1. The Morgan fingerprint density at radius 3 is 2.93 bits per heavy atom. The Labute approximate surface area is 179 Å². The van der Waals surface area contributed by atoms with Gasteiger partial charge in [0.2, 0.25) is 17.2 Å². The molecule has 0 aromatic carbocycles. The molecule has 3 aliphatic rings. The summed E-state index contributed by atoms with van der Waals surface area (Å²) in [4.78, 5) is 29.8. The number of nitrogens with one attached hydrogen (secondary N) is 1. The lowest BCUT2D eigenvalue weighted by Gasteiger charge is -2.38. The summed E-state index contributed by atoms with van der Waals surface area (Å²) in [5.74, 6) is 1.27. The number of rotatable bonds is 5. The van der Waals surface area contributed by atoms with Gasteiger partial charge in [-0.05, 0) is 29.7 Å². The maximum Gasteiger partial charge on any atom is 0.254 e. The van der Waals surface area contributed by atoms with Gasteiger partial charge < -0.3 is 15.0 Å². The molecule has 0 saturated carbocycles. The van der Waals surface area contributed by atoms with Crippen molar-refractivity contribution in [1.29, 1.82) is 0 Å². The van der Waals surface area contributed by atoms with Crippen LogP contribution in [0.2, 0.25) is 5.28 Å². The molecule has 0 amide bonds. The summed E-state index contributed by atoms with van der Waals surface area (Å²) in [5.41, 5.74) is 2.23. The van der Waals surface area contributed by atoms with Crippen molar-refractivity contribution < 1.29 is 4.74 Å². The van der Waals surface area contributed by atoms with E-state index < -0.39 is 0 Å². The summed E-state index contributed by atoms with van der Waals surface area (Å²) in [5, 5.41) is 3.45. The minimum Gasteiger partial charge on any atom is -0.379 e. The minimum atomic E-state index is 0.0121. The van der Waals surface area contributed by atoms with Gasteiger partial charge in [0.05, 0.1) is 13.2 Å². The van der Waals surface area contributed by atoms with E-state index in [1.54, 1.807) is 10.6 Å². The molecular weight excluding hydrogens is 406 g/mol. The van der Waals surface area contributed by atoms with Crippen molar-refractivity contribution in [3.8, 4) is 0 Å². The highest BCUT2D eigenvalue weighted by Crippen LogP contribution is 2.35. The number of pyridine rings is 1. The fourth-order valence-corrected chi connectivity index (χ4v) is 4.50. The lowest BCUT2D eigenvalue weighted by molar-refractivity contribution is 0.0398. The minimum absolute atomic E-state index is 0.0121. The summed E-state index contributed by atoms with van der Waals surface area (Å²) >= 11 is 6.20. The van der Waals surface area contributed by atoms with Crippen molar-refractivity contribution in [1.82, 2.24) is 24.4 Å². The highest BCUT2D eigenvalue weighted by molar-refractivity contribution is 6.28. The smallest absolute Gasteiger partial charge is 0.254 e. The van der Waals surface area contributed by atoms with Crippen LogP contribution in [0.15, 0.2) is 28.6 Å². The zero-order valence-electron chi connectivity index (χ0n) is 16.6. The lowest BCUT2D eigenvalue weighted by atomic mass is 9.88. The van der Waals surface area contributed by atoms with Crippen molar-refractivity contribution >= 4 is 29.7 Å². The van der Waals surface area contributed by atoms with Crippen LogP contribution >= 0.6 is 11.6 Å². The number of anilines is 2. The Kier molecular flexibility index (Phi) is 5.41. The zero-order chi connectivity index (χ0) is 20.5. The molecule has 2 saturated heterocycles. The van der Waals surface area contributed by atoms with Crippen LogP contribution in [0.4, 0.5) is 11.9 Å². The Morgan fingerprint density at radius 2 is 2.07 bits per heavy atom. The van der Waals surface area contributed by atoms with Crippen molar-refractivity contribution in [3.63, 3.8) is 0 Å². The average molecular weight is 430 g/mol. The average Bonchev–Trinajstić information content (AvgIpc) is 2.75. The molecule has 0 spiro atoms. The highest BCUT2D eigenvalue weighted by atomic mass is 35.5. The van der Waals surface area contributed by atoms with Gasteiger partial charge in [-0.3, -0.25) is 14.3 Å². The zero-order valence-corrected chi connectivity index (χ0v) is 17.4. The Balaban J connectivity index is 1.30. The molecule has 2 aromatic rings. The second-order valence-corrected chi connectivity index (χ2v) is 8.17. The molecule has 3 aliphatic heterocycles. The van der Waals surface area contributed by atoms with Gasteiger partial charge in [-0.15, -0.1) is 0 Å². The standard InChI is InChI=1S/C20H24ClN7O2/c21-18-23-19(22-4-5-26-6-8-30-9-7-26)25-20(24-18)27-11-14-10-15(13-27)16-2-1-3-17(29)28(16)12-14/h1-3,12,15H,4-11,13H2,(H,22,23,24,25). The molecule has 1 N–H and O–H groups in total. The molecule has 5 heterocycles. The van der Waals surface area contributed by atoms with Gasteiger partial charge in [0.25, 0.3) is 5.56 Å². The third-order valence-corrected chi connectivity index (χ3v) is 5.96. The van der Waals surface area contributed by atoms with Crippen molar-refractivity contribution in [2.45, 2.75) is 12.3 Å². The molecule has 1 atom stereocenters. The second-order valence-electron chi connectivity index (χ2n) is 7.84. The highest BCUT2D eigenvalue weighted by Gasteiger charge is 2.31. The first-order valence-corrected chi connectivity index (χ1v) is 10.6. The van der Waals surface area contributed by atoms with Gasteiger partial charge in [-0.2, -0.15) is 15.0 Å². The molecule has 5 rings (SSSR count). The maximum atomic E-state index is 12.2. The maximum absolute atomic E-state index is 12.2. The number of nitrogens with zero attached hydrogens (tertiary/aromatic N) is 6. The molecule has 2 bridgehead atoms. The summed E-state index contributed by atoms with van der Waals surface area (Å²) in [6, 6.07) is 5.43. The summed E-state index contributed by atoms with van der Waals surface area (Å²) < 4.78 is 7.15. The van der Waals surface area contributed by atoms with Crippen LogP contribution in [0.5, 0.6) is 0 Å². The van der Waals surface area contributed by atoms with E-state index in [1.165, 1.54) is 5.57 Å². The van der Waals surface area contributed by atoms with Crippen molar-refractivity contribution in [3.05, 3.63) is 45.1 Å². The molecule has 0 radical (unpaired) electrons. The number of ether oxygens (including phenoxy) is 1. The van der Waals surface area contributed by atoms with E-state index in [4.69, 9.17) is 16.3 Å². The molecule has 158 valence electrons. The molecule has 9 nitrogen and oxygen atoms in total. The molecule has 2 fully saturated rings. The van der Waals surface area contributed by atoms with Gasteiger partial charge in [-0.1, -0.05) is 6.07 Å². The first-order chi connectivity index (χ1) is 14.7. The first kappa shape index (κ1) is 19.5. The van der Waals surface area contributed by atoms with Crippen LogP contribution in [0.25, 0.3) is 6.20 Å². The Morgan fingerprint density at radius 1 is 1.20 bits per heavy atom. The molecule has 2 aromatic heterocycles. The van der Waals surface area contributed by atoms with Crippen LogP contribution in [0.3, 0.4) is 0 Å². The van der Waals surface area contributed by atoms with Gasteiger partial charge >= 0.3 is 0 Å². The summed E-state index contributed by atoms with van der Waals surface area (Å²) in [6.07, 6.45) is 2.90. The topological polar surface area (TPSA) is 88.4 Å². The van der Waals surface area contributed by atoms with Gasteiger partial charge in [0.1, 0.15) is 0 Å². The predicted molar refractivity (Wildman–Crippen MR) is 115 cm³/mol. The van der Waals surface area contributed by atoms with E-state index >= 15 is 0 Å². The third kappa shape index (κ3) is 4.05. The Bertz CT molecular complexity index is 1020. The summed E-state index contributed by atoms with van der Waals surface area (Å²) in [7, 11) is 0. The van der Waals surface area contributed by atoms with Crippen LogP contribution < -0.4 is 15.8 Å². The van der Waals surface area contributed by atoms with Crippen LogP contribution in [-0.2, 0) is 4.74 Å². The predicted octanol–water partition coefficient (Wildman–Crippen LogP) is 1.28. The van der Waals surface area contributed by atoms with Crippen molar-refractivity contribution in [2.75, 3.05) is 62.7 Å². The van der Waals surface area contributed by atoms with E-state index in [1.807, 2.05) is 18.3 Å². The van der Waals surface area contributed by atoms with E-state index in [-0.39, 0.29) is 16.8 Å².